The van der Waals surface area contributed by atoms with Gasteiger partial charge in [0.05, 0.1) is 11.4 Å². The molecule has 0 radical (unpaired) electrons. The summed E-state index contributed by atoms with van der Waals surface area (Å²) in [5.74, 6) is 1.08. The van der Waals surface area contributed by atoms with Crippen LogP contribution in [0, 0.1) is 6.92 Å². The van der Waals surface area contributed by atoms with Crippen molar-refractivity contribution in [1.29, 1.82) is 0 Å². The second-order valence-electron chi connectivity index (χ2n) is 3.72. The third kappa shape index (κ3) is 2.25. The molecule has 4 nitrogen and oxygen atoms in total. The Morgan fingerprint density at radius 3 is 2.33 bits per heavy atom. The molecule has 0 unspecified atom stereocenters. The third-order valence-electron chi connectivity index (χ3n) is 2.64. The fraction of sp³-hybridized carbons (Fsp3) is 0.727. The summed E-state index contributed by atoms with van der Waals surface area (Å²) in [7, 11) is 0. The molecule has 0 saturated heterocycles. The van der Waals surface area contributed by atoms with Crippen molar-refractivity contribution in [3.8, 4) is 0 Å². The van der Waals surface area contributed by atoms with Gasteiger partial charge in [-0.2, -0.15) is 5.10 Å². The van der Waals surface area contributed by atoms with Gasteiger partial charge in [-0.3, -0.25) is 0 Å². The maximum Gasteiger partial charge on any atom is 0.150 e. The quantitative estimate of drug-likeness (QED) is 0.809. The van der Waals surface area contributed by atoms with Gasteiger partial charge in [-0.25, -0.2) is 4.68 Å². The molecule has 0 aliphatic rings. The van der Waals surface area contributed by atoms with Crippen LogP contribution in [0.15, 0.2) is 0 Å². The van der Waals surface area contributed by atoms with Gasteiger partial charge in [0.25, 0.3) is 0 Å². The van der Waals surface area contributed by atoms with E-state index in [2.05, 4.69) is 30.8 Å². The summed E-state index contributed by atoms with van der Waals surface area (Å²) in [5.41, 5.74) is 7.82. The number of nitrogen functional groups attached to an aromatic ring is 1. The zero-order valence-electron chi connectivity index (χ0n) is 10.2. The minimum Gasteiger partial charge on any atom is -0.394 e. The van der Waals surface area contributed by atoms with Gasteiger partial charge in [0.15, 0.2) is 5.82 Å². The van der Waals surface area contributed by atoms with Crippen molar-refractivity contribution in [1.82, 2.24) is 9.78 Å². The van der Waals surface area contributed by atoms with Crippen LogP contribution < -0.4 is 10.6 Å². The Balaban J connectivity index is 3.11. The molecule has 0 atom stereocenters. The molecule has 0 saturated carbocycles. The maximum atomic E-state index is 6.06. The van der Waals surface area contributed by atoms with Crippen LogP contribution in [0.1, 0.15) is 32.9 Å². The number of rotatable bonds is 5. The highest BCUT2D eigenvalue weighted by molar-refractivity contribution is 5.66. The molecule has 0 spiro atoms. The van der Waals surface area contributed by atoms with E-state index in [1.807, 2.05) is 11.6 Å². The first-order chi connectivity index (χ1) is 7.15. The molecular formula is C11H22N4. The van der Waals surface area contributed by atoms with Gasteiger partial charge in [0.2, 0.25) is 0 Å². The zero-order chi connectivity index (χ0) is 11.4. The number of hydrogen-bond acceptors (Lipinski definition) is 3. The summed E-state index contributed by atoms with van der Waals surface area (Å²) in [6.07, 6.45) is 1.08. The average molecular weight is 210 g/mol. The first-order valence-corrected chi connectivity index (χ1v) is 5.73. The van der Waals surface area contributed by atoms with Gasteiger partial charge in [0.1, 0.15) is 0 Å². The summed E-state index contributed by atoms with van der Waals surface area (Å²) in [6, 6.07) is 0. The number of nitrogens with zero attached hydrogens (tertiary/aromatic N) is 3. The van der Waals surface area contributed by atoms with Gasteiger partial charge in [-0.05, 0) is 27.2 Å². The van der Waals surface area contributed by atoms with Crippen molar-refractivity contribution in [3.05, 3.63) is 5.69 Å². The molecule has 15 heavy (non-hydrogen) atoms. The molecule has 0 amide bonds. The van der Waals surface area contributed by atoms with Gasteiger partial charge in [0, 0.05) is 19.6 Å². The Hall–Kier alpha value is -1.19. The Morgan fingerprint density at radius 1 is 1.27 bits per heavy atom. The van der Waals surface area contributed by atoms with Crippen molar-refractivity contribution >= 4 is 11.5 Å². The molecule has 0 aromatic carbocycles. The highest BCUT2D eigenvalue weighted by Gasteiger charge is 2.16. The molecule has 2 N–H and O–H groups in total. The first kappa shape index (κ1) is 11.9. The Kier molecular flexibility index (Phi) is 4.00. The summed E-state index contributed by atoms with van der Waals surface area (Å²) in [6.45, 7) is 11.3. The zero-order valence-corrected chi connectivity index (χ0v) is 10.2. The minimum atomic E-state index is 0.826. The van der Waals surface area contributed by atoms with E-state index in [9.17, 15) is 0 Å². The topological polar surface area (TPSA) is 47.1 Å². The third-order valence-corrected chi connectivity index (χ3v) is 2.64. The minimum absolute atomic E-state index is 0.826. The Morgan fingerprint density at radius 2 is 1.87 bits per heavy atom. The Labute approximate surface area is 92.1 Å². The molecule has 0 aliphatic carbocycles. The average Bonchev–Trinajstić information content (AvgIpc) is 2.48. The van der Waals surface area contributed by atoms with Crippen molar-refractivity contribution in [2.75, 3.05) is 23.7 Å². The van der Waals surface area contributed by atoms with Gasteiger partial charge in [-0.15, -0.1) is 0 Å². The summed E-state index contributed by atoms with van der Waals surface area (Å²) in [4.78, 5) is 2.25. The van der Waals surface area contributed by atoms with E-state index >= 15 is 0 Å². The summed E-state index contributed by atoms with van der Waals surface area (Å²) >= 11 is 0. The molecule has 1 aromatic rings. The van der Waals surface area contributed by atoms with Crippen molar-refractivity contribution < 1.29 is 0 Å². The van der Waals surface area contributed by atoms with Crippen LogP contribution in [0.25, 0.3) is 0 Å². The van der Waals surface area contributed by atoms with E-state index in [1.54, 1.807) is 0 Å². The van der Waals surface area contributed by atoms with Gasteiger partial charge in [-0.1, -0.05) is 6.92 Å². The van der Waals surface area contributed by atoms with Crippen LogP contribution in [0.5, 0.6) is 0 Å². The molecule has 86 valence electrons. The largest absolute Gasteiger partial charge is 0.394 e. The lowest BCUT2D eigenvalue weighted by Gasteiger charge is -2.22. The first-order valence-electron chi connectivity index (χ1n) is 5.73. The monoisotopic (exact) mass is 210 g/mol. The maximum absolute atomic E-state index is 6.06. The SMILES string of the molecule is CCCn1nc(C)c(N)c1N(CC)CC. The van der Waals surface area contributed by atoms with E-state index in [0.29, 0.717) is 0 Å². The number of aryl methyl sites for hydroxylation is 2. The van der Waals surface area contributed by atoms with Crippen LogP contribution in [0.2, 0.25) is 0 Å². The second kappa shape index (κ2) is 5.05. The van der Waals surface area contributed by atoms with E-state index in [4.69, 9.17) is 5.73 Å². The van der Waals surface area contributed by atoms with E-state index in [1.165, 1.54) is 0 Å². The molecule has 1 heterocycles. The highest BCUT2D eigenvalue weighted by atomic mass is 15.4. The summed E-state index contributed by atoms with van der Waals surface area (Å²) < 4.78 is 2.03. The van der Waals surface area contributed by atoms with Gasteiger partial charge < -0.3 is 10.6 Å². The fourth-order valence-electron chi connectivity index (χ4n) is 1.81. The number of hydrogen-bond donors (Lipinski definition) is 1. The van der Waals surface area contributed by atoms with Crippen molar-refractivity contribution in [2.24, 2.45) is 0 Å². The van der Waals surface area contributed by atoms with E-state index in [-0.39, 0.29) is 0 Å². The molecule has 1 aromatic heterocycles. The smallest absolute Gasteiger partial charge is 0.150 e. The number of anilines is 2. The molecule has 0 aliphatic heterocycles. The number of aromatic nitrogens is 2. The van der Waals surface area contributed by atoms with Gasteiger partial charge >= 0.3 is 0 Å². The number of nitrogens with two attached hydrogens (primary N) is 1. The predicted octanol–water partition coefficient (Wildman–Crippen LogP) is 2.03. The lowest BCUT2D eigenvalue weighted by atomic mass is 10.3. The lowest BCUT2D eigenvalue weighted by Crippen LogP contribution is -2.26. The predicted molar refractivity (Wildman–Crippen MR) is 65.2 cm³/mol. The van der Waals surface area contributed by atoms with Crippen LogP contribution in [-0.2, 0) is 6.54 Å². The normalized spacial score (nSPS) is 10.7. The molecule has 4 heteroatoms. The van der Waals surface area contributed by atoms with Crippen molar-refractivity contribution in [2.45, 2.75) is 40.7 Å². The van der Waals surface area contributed by atoms with Crippen molar-refractivity contribution in [3.63, 3.8) is 0 Å². The van der Waals surface area contributed by atoms with Crippen LogP contribution in [-0.4, -0.2) is 22.9 Å². The summed E-state index contributed by atoms with van der Waals surface area (Å²) in [5, 5.41) is 4.47. The van der Waals surface area contributed by atoms with Crippen LogP contribution in [0.3, 0.4) is 0 Å². The molecule has 1 rings (SSSR count). The molecule has 0 fully saturated rings. The highest BCUT2D eigenvalue weighted by Crippen LogP contribution is 2.26. The molecule has 0 bridgehead atoms. The van der Waals surface area contributed by atoms with E-state index < -0.39 is 0 Å². The van der Waals surface area contributed by atoms with Crippen LogP contribution >= 0.6 is 0 Å². The Bertz CT molecular complexity index is 313. The van der Waals surface area contributed by atoms with E-state index in [0.717, 1.165) is 43.3 Å². The second-order valence-corrected chi connectivity index (χ2v) is 3.72. The standard InChI is InChI=1S/C11H22N4/c1-5-8-15-11(14(6-2)7-3)10(12)9(4)13-15/h5-8,12H2,1-4H3. The lowest BCUT2D eigenvalue weighted by molar-refractivity contribution is 0.588. The van der Waals surface area contributed by atoms with Crippen LogP contribution in [0.4, 0.5) is 11.5 Å². The molecular weight excluding hydrogens is 188 g/mol. The fourth-order valence-corrected chi connectivity index (χ4v) is 1.81.